The van der Waals surface area contributed by atoms with E-state index in [1.54, 1.807) is 37.0 Å². The molecule has 52 heavy (non-hydrogen) atoms. The third-order valence-corrected chi connectivity index (χ3v) is 10.7. The zero-order valence-electron chi connectivity index (χ0n) is 29.3. The Kier molecular flexibility index (Phi) is 9.12. The lowest BCUT2D eigenvalue weighted by molar-refractivity contribution is -0.141. The molecule has 1 saturated heterocycles. The number of nitrogens with one attached hydrogen (secondary N) is 2. The molecule has 4 aromatic rings. The van der Waals surface area contributed by atoms with Gasteiger partial charge >= 0.3 is 6.18 Å². The molecule has 272 valence electrons. The van der Waals surface area contributed by atoms with E-state index in [0.29, 0.717) is 48.0 Å². The normalized spacial score (nSPS) is 22.5. The van der Waals surface area contributed by atoms with Gasteiger partial charge in [0.2, 0.25) is 17.7 Å². The van der Waals surface area contributed by atoms with Crippen molar-refractivity contribution in [1.82, 2.24) is 29.7 Å². The van der Waals surface area contributed by atoms with E-state index in [1.165, 1.54) is 17.9 Å². The first-order chi connectivity index (χ1) is 24.7. The average Bonchev–Trinajstić information content (AvgIpc) is 3.50. The molecule has 5 heterocycles. The number of halogens is 3. The van der Waals surface area contributed by atoms with Crippen molar-refractivity contribution in [3.05, 3.63) is 71.1 Å². The van der Waals surface area contributed by atoms with Crippen molar-refractivity contribution < 1.29 is 32.3 Å². The maximum atomic E-state index is 14.5. The SMILES string of the molecule is CC(=O)c1cn2c3c(cc(-c4cnc(C)nc4)cc13)CCCCCCC(=O)NC[C@@]13C[C@@H](C(=O)Nc4nc(C(F)(F)F)ccc4C)N(C(=O)C2)[C@@H]1C3. The second kappa shape index (κ2) is 13.4. The third kappa shape index (κ3) is 6.78. The van der Waals surface area contributed by atoms with Gasteiger partial charge in [-0.25, -0.2) is 15.0 Å². The summed E-state index contributed by atoms with van der Waals surface area (Å²) in [6.07, 6.45) is 5.55. The smallest absolute Gasteiger partial charge is 0.355 e. The standard InChI is InChI=1S/C38H40F3N7O4/c1-21-10-11-30(38(39,40)41)45-35(21)46-36(52)29-14-37-15-31(37)48(29)33(51)19-47-18-28(22(2)49)27-13-25(26-16-42-23(3)43-17-26)12-24(34(27)47)8-6-4-5-7-9-32(50)44-20-37/h10-13,16-18,29,31H,4-9,14-15,19-20H2,1-3H3,(H,44,50)(H,45,46,52)/t29-,31+,37-/m0/s1. The number of piperidine rings is 1. The fraction of sp³-hybridized carbons (Fsp3) is 0.447. The monoisotopic (exact) mass is 715 g/mol. The Labute approximate surface area is 298 Å². The molecule has 3 atom stereocenters. The molecule has 2 fully saturated rings. The van der Waals surface area contributed by atoms with Crippen LogP contribution in [0, 0.1) is 19.3 Å². The summed E-state index contributed by atoms with van der Waals surface area (Å²) in [5.41, 5.74) is 2.44. The maximum Gasteiger partial charge on any atom is 0.433 e. The number of amides is 3. The van der Waals surface area contributed by atoms with E-state index in [9.17, 15) is 32.3 Å². The molecule has 0 unspecified atom stereocenters. The molecule has 3 amide bonds. The average molecular weight is 716 g/mol. The summed E-state index contributed by atoms with van der Waals surface area (Å²) in [6.45, 7) is 4.94. The van der Waals surface area contributed by atoms with Crippen LogP contribution in [0.4, 0.5) is 19.0 Å². The topological polar surface area (TPSA) is 139 Å². The molecule has 11 nitrogen and oxygen atoms in total. The molecule has 7 rings (SSSR count). The minimum absolute atomic E-state index is 0.0960. The summed E-state index contributed by atoms with van der Waals surface area (Å²) in [5, 5.41) is 6.29. The number of alkyl halides is 3. The van der Waals surface area contributed by atoms with Gasteiger partial charge in [0.25, 0.3) is 0 Å². The number of carbonyl (C=O) groups is 4. The third-order valence-electron chi connectivity index (χ3n) is 10.7. The van der Waals surface area contributed by atoms with Gasteiger partial charge in [-0.1, -0.05) is 18.9 Å². The van der Waals surface area contributed by atoms with Crippen LogP contribution in [0.2, 0.25) is 0 Å². The molecule has 2 N–H and O–H groups in total. The molecule has 3 aliphatic rings. The van der Waals surface area contributed by atoms with Crippen molar-refractivity contribution in [2.45, 2.75) is 96.9 Å². The van der Waals surface area contributed by atoms with Crippen molar-refractivity contribution in [2.75, 3.05) is 11.9 Å². The highest BCUT2D eigenvalue weighted by molar-refractivity contribution is 6.09. The van der Waals surface area contributed by atoms with E-state index in [4.69, 9.17) is 0 Å². The Morgan fingerprint density at radius 3 is 2.42 bits per heavy atom. The molecular formula is C38H40F3N7O4. The predicted octanol–water partition coefficient (Wildman–Crippen LogP) is 5.95. The Hall–Kier alpha value is -5.14. The lowest BCUT2D eigenvalue weighted by Gasteiger charge is -2.27. The zero-order valence-corrected chi connectivity index (χ0v) is 29.3. The molecule has 1 saturated carbocycles. The summed E-state index contributed by atoms with van der Waals surface area (Å²) >= 11 is 0. The van der Waals surface area contributed by atoms with E-state index in [1.807, 2.05) is 12.1 Å². The number of ketones is 1. The number of anilines is 1. The second-order valence-corrected chi connectivity index (χ2v) is 14.4. The van der Waals surface area contributed by atoms with Crippen LogP contribution in [0.3, 0.4) is 0 Å². The molecular weight excluding hydrogens is 675 g/mol. The first kappa shape index (κ1) is 35.3. The number of benzene rings is 1. The van der Waals surface area contributed by atoms with Crippen molar-refractivity contribution in [3.8, 4) is 11.1 Å². The van der Waals surface area contributed by atoms with Crippen LogP contribution >= 0.6 is 0 Å². The van der Waals surface area contributed by atoms with Gasteiger partial charge in [-0.3, -0.25) is 19.2 Å². The Morgan fingerprint density at radius 2 is 1.71 bits per heavy atom. The van der Waals surface area contributed by atoms with Gasteiger partial charge in [-0.2, -0.15) is 13.2 Å². The highest BCUT2D eigenvalue weighted by Gasteiger charge is 2.67. The van der Waals surface area contributed by atoms with Gasteiger partial charge in [0.1, 0.15) is 29.9 Å². The highest BCUT2D eigenvalue weighted by Crippen LogP contribution is 2.59. The van der Waals surface area contributed by atoms with Crippen molar-refractivity contribution >= 4 is 40.2 Å². The van der Waals surface area contributed by atoms with Gasteiger partial charge in [-0.15, -0.1) is 0 Å². The van der Waals surface area contributed by atoms with E-state index < -0.39 is 29.2 Å². The number of aryl methyl sites for hydroxylation is 3. The summed E-state index contributed by atoms with van der Waals surface area (Å²) in [6, 6.07) is 4.69. The van der Waals surface area contributed by atoms with Crippen LogP contribution in [-0.2, 0) is 33.5 Å². The van der Waals surface area contributed by atoms with Gasteiger partial charge in [0, 0.05) is 59.5 Å². The fourth-order valence-electron chi connectivity index (χ4n) is 7.86. The first-order valence-electron chi connectivity index (χ1n) is 17.6. The molecule has 1 aromatic carbocycles. The molecule has 0 spiro atoms. The van der Waals surface area contributed by atoms with Gasteiger partial charge in [0.05, 0.1) is 5.52 Å². The summed E-state index contributed by atoms with van der Waals surface area (Å²) in [5.74, 6) is -0.883. The fourth-order valence-corrected chi connectivity index (χ4v) is 7.86. The number of Topliss-reactive ketones (excluding diaryl/α,β-unsaturated/α-hetero) is 1. The summed E-state index contributed by atoms with van der Waals surface area (Å²) in [4.78, 5) is 68.2. The Bertz CT molecular complexity index is 2090. The van der Waals surface area contributed by atoms with Crippen molar-refractivity contribution in [3.63, 3.8) is 0 Å². The summed E-state index contributed by atoms with van der Waals surface area (Å²) in [7, 11) is 0. The second-order valence-electron chi connectivity index (χ2n) is 14.4. The largest absolute Gasteiger partial charge is 0.433 e. The number of rotatable bonds is 4. The Morgan fingerprint density at radius 1 is 0.981 bits per heavy atom. The molecule has 2 bridgehead atoms. The first-order valence-corrected chi connectivity index (χ1v) is 17.6. The molecule has 1 aliphatic carbocycles. The van der Waals surface area contributed by atoms with Crippen LogP contribution in [0.15, 0.2) is 42.9 Å². The number of aromatic nitrogens is 4. The number of carbonyl (C=O) groups excluding carboxylic acids is 4. The van der Waals surface area contributed by atoms with Crippen molar-refractivity contribution in [2.24, 2.45) is 5.41 Å². The number of pyridine rings is 1. The number of hydrogen-bond acceptors (Lipinski definition) is 7. The maximum absolute atomic E-state index is 14.5. The lowest BCUT2D eigenvalue weighted by atomic mass is 9.96. The highest BCUT2D eigenvalue weighted by atomic mass is 19.4. The lowest BCUT2D eigenvalue weighted by Crippen LogP contribution is -2.46. The Balaban J connectivity index is 1.28. The number of nitrogens with zero attached hydrogens (tertiary/aromatic N) is 5. The van der Waals surface area contributed by atoms with Crippen molar-refractivity contribution in [1.29, 1.82) is 0 Å². The molecule has 2 aliphatic heterocycles. The van der Waals surface area contributed by atoms with Gasteiger partial charge < -0.3 is 20.1 Å². The van der Waals surface area contributed by atoms with E-state index >= 15 is 0 Å². The molecule has 14 heteroatoms. The van der Waals surface area contributed by atoms with E-state index in [2.05, 4.69) is 25.6 Å². The molecule has 3 aromatic heterocycles. The van der Waals surface area contributed by atoms with Crippen LogP contribution < -0.4 is 10.6 Å². The van der Waals surface area contributed by atoms with Gasteiger partial charge in [0.15, 0.2) is 5.78 Å². The van der Waals surface area contributed by atoms with Crippen LogP contribution in [-0.4, -0.2) is 66.6 Å². The minimum atomic E-state index is -4.71. The predicted molar refractivity (Wildman–Crippen MR) is 186 cm³/mol. The van der Waals surface area contributed by atoms with Gasteiger partial charge in [-0.05, 0) is 87.8 Å². The van der Waals surface area contributed by atoms with E-state index in [0.717, 1.165) is 47.5 Å². The number of hydrogen-bond donors (Lipinski definition) is 2. The minimum Gasteiger partial charge on any atom is -0.355 e. The van der Waals surface area contributed by atoms with Crippen LogP contribution in [0.25, 0.3) is 22.0 Å². The van der Waals surface area contributed by atoms with Crippen LogP contribution in [0.1, 0.15) is 84.9 Å². The molecule has 0 radical (unpaired) electrons. The quantitative estimate of drug-likeness (QED) is 0.249. The van der Waals surface area contributed by atoms with E-state index in [-0.39, 0.29) is 49.0 Å². The van der Waals surface area contributed by atoms with Crippen LogP contribution in [0.5, 0.6) is 0 Å². The summed E-state index contributed by atoms with van der Waals surface area (Å²) < 4.78 is 42.3. The zero-order chi connectivity index (χ0) is 36.9.